The topological polar surface area (TPSA) is 72.5 Å². The molecule has 2 heterocycles. The number of hydrogen-bond acceptors (Lipinski definition) is 7. The Hall–Kier alpha value is -3.62. The lowest BCUT2D eigenvalue weighted by atomic mass is 9.81. The van der Waals surface area contributed by atoms with E-state index < -0.39 is 11.8 Å². The van der Waals surface area contributed by atoms with Crippen molar-refractivity contribution in [1.82, 2.24) is 0 Å². The number of halogens is 1. The summed E-state index contributed by atoms with van der Waals surface area (Å²) in [6.07, 6.45) is 6.89. The fourth-order valence-electron chi connectivity index (χ4n) is 6.18. The molecule has 2 fully saturated rings. The van der Waals surface area contributed by atoms with E-state index in [1.54, 1.807) is 6.07 Å². The van der Waals surface area contributed by atoms with Crippen molar-refractivity contribution in [3.05, 3.63) is 72.0 Å². The van der Waals surface area contributed by atoms with E-state index in [2.05, 4.69) is 48.5 Å². The molecule has 0 bridgehead atoms. The number of benzene rings is 3. The van der Waals surface area contributed by atoms with Gasteiger partial charge >= 0.3 is 5.97 Å². The Morgan fingerprint density at radius 1 is 0.692 bits per heavy atom. The molecule has 0 amide bonds. The Bertz CT molecular complexity index is 1520. The third-order valence-corrected chi connectivity index (χ3v) is 11.0. The van der Waals surface area contributed by atoms with Gasteiger partial charge < -0.3 is 28.4 Å². The van der Waals surface area contributed by atoms with Crippen LogP contribution in [0, 0.1) is 22.1 Å². The van der Waals surface area contributed by atoms with Gasteiger partial charge in [-0.05, 0) is 91.6 Å². The molecule has 0 unspecified atom stereocenters. The largest absolute Gasteiger partial charge is 0.493 e. The Kier molecular flexibility index (Phi) is 15.4. The van der Waals surface area contributed by atoms with Crippen molar-refractivity contribution >= 4 is 5.97 Å². The van der Waals surface area contributed by atoms with Gasteiger partial charge in [0.1, 0.15) is 5.75 Å². The molecule has 286 valence electrons. The highest BCUT2D eigenvalue weighted by molar-refractivity contribution is 5.73. The molecule has 0 aromatic heterocycles. The number of ether oxygens (including phenoxy) is 6. The fourth-order valence-corrected chi connectivity index (χ4v) is 6.18. The van der Waals surface area contributed by atoms with E-state index in [1.807, 2.05) is 42.5 Å². The van der Waals surface area contributed by atoms with E-state index in [1.165, 1.54) is 18.6 Å². The highest BCUT2D eigenvalue weighted by Crippen LogP contribution is 2.38. The zero-order chi connectivity index (χ0) is 37.6. The summed E-state index contributed by atoms with van der Waals surface area (Å²) < 4.78 is 50.2. The minimum Gasteiger partial charge on any atom is -0.493 e. The molecular formula is C44H61FO7. The van der Waals surface area contributed by atoms with Gasteiger partial charge in [0.05, 0.1) is 57.1 Å². The standard InChI is InChI=1S/C41H53FO7.C3H8/c1-6-39(7-2,8-3)27-46-33-16-13-31(14-17-33)32-15-19-35(34(42)22-32)49-38(43)20-12-30-11-18-36(47-28-40(9-4)23-44-24-40)37(21-30)48-29-41(10-5)25-45-26-41;1-3-2/h11,13-19,21-22H,6-10,12,20,23-29H2,1-5H3;3H2,1-2H3. The van der Waals surface area contributed by atoms with Gasteiger partial charge in [0, 0.05) is 11.8 Å². The lowest BCUT2D eigenvalue weighted by Gasteiger charge is -2.41. The molecule has 2 aliphatic heterocycles. The summed E-state index contributed by atoms with van der Waals surface area (Å²) in [5.74, 6) is 0.927. The summed E-state index contributed by atoms with van der Waals surface area (Å²) in [4.78, 5) is 12.8. The van der Waals surface area contributed by atoms with Gasteiger partial charge in [-0.3, -0.25) is 4.79 Å². The highest BCUT2D eigenvalue weighted by Gasteiger charge is 2.39. The SMILES string of the molecule is CCC.CCC(CC)(CC)COc1ccc(-c2ccc(OC(=O)CCc3ccc(OCC4(CC)COC4)c(OCC4(CC)COC4)c3)c(F)c2)cc1. The number of hydrogen-bond donors (Lipinski definition) is 0. The maximum atomic E-state index is 15.1. The molecule has 0 spiro atoms. The van der Waals surface area contributed by atoms with Crippen LogP contribution in [0.4, 0.5) is 4.39 Å². The maximum absolute atomic E-state index is 15.1. The number of carbonyl (C=O) groups excluding carboxylic acids is 1. The second kappa shape index (κ2) is 19.5. The maximum Gasteiger partial charge on any atom is 0.311 e. The van der Waals surface area contributed by atoms with E-state index in [0.717, 1.165) is 49.0 Å². The Labute approximate surface area is 311 Å². The van der Waals surface area contributed by atoms with Gasteiger partial charge in [-0.1, -0.05) is 79.2 Å². The van der Waals surface area contributed by atoms with Crippen molar-refractivity contribution in [1.29, 1.82) is 0 Å². The minimum absolute atomic E-state index is 0.00590. The van der Waals surface area contributed by atoms with Crippen LogP contribution in [-0.2, 0) is 20.7 Å². The number of esters is 1. The lowest BCUT2D eigenvalue weighted by Crippen LogP contribution is -2.47. The zero-order valence-electron chi connectivity index (χ0n) is 32.6. The average molecular weight is 721 g/mol. The van der Waals surface area contributed by atoms with Gasteiger partial charge in [-0.2, -0.15) is 0 Å². The second-order valence-corrected chi connectivity index (χ2v) is 14.8. The predicted octanol–water partition coefficient (Wildman–Crippen LogP) is 10.7. The van der Waals surface area contributed by atoms with E-state index in [4.69, 9.17) is 28.4 Å². The van der Waals surface area contributed by atoms with Gasteiger partial charge in [0.2, 0.25) is 0 Å². The third-order valence-electron chi connectivity index (χ3n) is 11.0. The molecule has 0 radical (unpaired) electrons. The summed E-state index contributed by atoms with van der Waals surface area (Å²) in [6.45, 7) is 19.7. The van der Waals surface area contributed by atoms with Crippen LogP contribution >= 0.6 is 0 Å². The van der Waals surface area contributed by atoms with Crippen molar-refractivity contribution in [2.45, 2.75) is 99.8 Å². The number of carbonyl (C=O) groups is 1. The van der Waals surface area contributed by atoms with Gasteiger partial charge in [0.15, 0.2) is 23.1 Å². The van der Waals surface area contributed by atoms with E-state index in [9.17, 15) is 4.79 Å². The van der Waals surface area contributed by atoms with Crippen LogP contribution in [0.2, 0.25) is 0 Å². The van der Waals surface area contributed by atoms with Crippen molar-refractivity contribution in [3.63, 3.8) is 0 Å². The van der Waals surface area contributed by atoms with Crippen LogP contribution in [0.25, 0.3) is 11.1 Å². The quantitative estimate of drug-likeness (QED) is 0.0902. The monoisotopic (exact) mass is 720 g/mol. The minimum atomic E-state index is -0.589. The molecule has 2 saturated heterocycles. The molecule has 0 N–H and O–H groups in total. The van der Waals surface area contributed by atoms with E-state index >= 15 is 4.39 Å². The van der Waals surface area contributed by atoms with Crippen LogP contribution in [0.15, 0.2) is 60.7 Å². The fraction of sp³-hybridized carbons (Fsp3) is 0.568. The Morgan fingerprint density at radius 2 is 1.23 bits per heavy atom. The summed E-state index contributed by atoms with van der Waals surface area (Å²) in [6, 6.07) is 18.1. The first-order chi connectivity index (χ1) is 25.1. The van der Waals surface area contributed by atoms with Gasteiger partial charge in [-0.15, -0.1) is 0 Å². The summed E-state index contributed by atoms with van der Waals surface area (Å²) >= 11 is 0. The van der Waals surface area contributed by atoms with Gasteiger partial charge in [0.25, 0.3) is 0 Å². The van der Waals surface area contributed by atoms with Crippen LogP contribution in [-0.4, -0.2) is 52.2 Å². The van der Waals surface area contributed by atoms with Crippen LogP contribution in [0.3, 0.4) is 0 Å². The number of aryl methyl sites for hydroxylation is 1. The summed E-state index contributed by atoms with van der Waals surface area (Å²) in [5, 5.41) is 0. The predicted molar refractivity (Wildman–Crippen MR) is 205 cm³/mol. The van der Waals surface area contributed by atoms with E-state index in [0.29, 0.717) is 69.7 Å². The second-order valence-electron chi connectivity index (χ2n) is 14.8. The van der Waals surface area contributed by atoms with Crippen LogP contribution < -0.4 is 18.9 Å². The molecule has 3 aromatic rings. The first-order valence-electron chi connectivity index (χ1n) is 19.4. The molecule has 52 heavy (non-hydrogen) atoms. The van der Waals surface area contributed by atoms with Crippen molar-refractivity contribution in [2.75, 3.05) is 46.2 Å². The molecular weight excluding hydrogens is 659 g/mol. The summed E-state index contributed by atoms with van der Waals surface area (Å²) in [5.41, 5.74) is 2.66. The van der Waals surface area contributed by atoms with Crippen LogP contribution in [0.1, 0.15) is 99.0 Å². The molecule has 7 nitrogen and oxygen atoms in total. The van der Waals surface area contributed by atoms with E-state index in [-0.39, 0.29) is 28.4 Å². The molecule has 0 saturated carbocycles. The first-order valence-corrected chi connectivity index (χ1v) is 19.4. The molecule has 8 heteroatoms. The zero-order valence-corrected chi connectivity index (χ0v) is 32.6. The normalized spacial score (nSPS) is 15.7. The van der Waals surface area contributed by atoms with Gasteiger partial charge in [-0.25, -0.2) is 4.39 Å². The first kappa shape index (κ1) is 41.1. The van der Waals surface area contributed by atoms with Crippen molar-refractivity contribution < 1.29 is 37.6 Å². The van der Waals surface area contributed by atoms with Crippen molar-refractivity contribution in [3.8, 4) is 34.1 Å². The van der Waals surface area contributed by atoms with Crippen molar-refractivity contribution in [2.24, 2.45) is 16.2 Å². The third kappa shape index (κ3) is 10.7. The molecule has 0 aliphatic carbocycles. The molecule has 5 rings (SSSR count). The Balaban J connectivity index is 0.00000195. The number of rotatable bonds is 19. The average Bonchev–Trinajstić information content (AvgIpc) is 3.13. The van der Waals surface area contributed by atoms with Crippen LogP contribution in [0.5, 0.6) is 23.0 Å². The highest BCUT2D eigenvalue weighted by atomic mass is 19.1. The molecule has 3 aromatic carbocycles. The smallest absolute Gasteiger partial charge is 0.311 e. The summed E-state index contributed by atoms with van der Waals surface area (Å²) in [7, 11) is 0. The molecule has 2 aliphatic rings. The Morgan fingerprint density at radius 3 is 1.73 bits per heavy atom. The lowest BCUT2D eigenvalue weighted by molar-refractivity contribution is -0.136. The molecule has 0 atom stereocenters.